The van der Waals surface area contributed by atoms with Crippen LogP contribution in [0, 0.1) is 0 Å². The number of fused-ring (bicyclic) bond motifs is 1. The van der Waals surface area contributed by atoms with Crippen LogP contribution < -0.4 is 4.74 Å². The Morgan fingerprint density at radius 1 is 1.17 bits per heavy atom. The molecule has 0 saturated carbocycles. The average Bonchev–Trinajstić information content (AvgIpc) is 3.18. The molecule has 1 aliphatic rings. The number of rotatable bonds is 6. The Kier molecular flexibility index (Phi) is 5.65. The van der Waals surface area contributed by atoms with E-state index in [0.717, 1.165) is 16.9 Å². The van der Waals surface area contributed by atoms with Crippen molar-refractivity contribution in [1.82, 2.24) is 14.7 Å². The number of benzene rings is 2. The van der Waals surface area contributed by atoms with Crippen molar-refractivity contribution in [1.29, 1.82) is 0 Å². The summed E-state index contributed by atoms with van der Waals surface area (Å²) in [6.07, 6.45) is 5.12. The largest absolute Gasteiger partial charge is 0.494 e. The summed E-state index contributed by atoms with van der Waals surface area (Å²) in [6.45, 7) is 3.96. The molecule has 1 amide bonds. The summed E-state index contributed by atoms with van der Waals surface area (Å²) in [7, 11) is 1.93. The number of nitrogens with zero attached hydrogens (tertiary/aromatic N) is 3. The minimum atomic E-state index is 0.160. The van der Waals surface area contributed by atoms with Crippen molar-refractivity contribution in [2.75, 3.05) is 13.2 Å². The van der Waals surface area contributed by atoms with E-state index in [1.54, 1.807) is 0 Å². The molecular formula is C24H27N3O2. The Labute approximate surface area is 171 Å². The normalized spacial score (nSPS) is 15.8. The van der Waals surface area contributed by atoms with E-state index in [2.05, 4.69) is 23.3 Å². The molecule has 0 bridgehead atoms. The molecule has 0 fully saturated rings. The van der Waals surface area contributed by atoms with Gasteiger partial charge in [-0.3, -0.25) is 9.48 Å². The van der Waals surface area contributed by atoms with Gasteiger partial charge in [-0.2, -0.15) is 5.10 Å². The first-order valence-corrected chi connectivity index (χ1v) is 10.2. The standard InChI is InChI=1S/C24H27N3O2/c1-3-29-23-11-7-5-8-18(23)12-13-24(28)27-16-19-9-4-6-10-21(19)22(17-27)20-14-25-26(2)15-20/h4-11,14-15,22H,3,12-13,16-17H2,1-2H3. The molecule has 2 aromatic carbocycles. The molecule has 0 aliphatic carbocycles. The minimum absolute atomic E-state index is 0.160. The van der Waals surface area contributed by atoms with Crippen molar-refractivity contribution in [3.8, 4) is 5.75 Å². The highest BCUT2D eigenvalue weighted by molar-refractivity contribution is 5.77. The second-order valence-electron chi connectivity index (χ2n) is 7.51. The van der Waals surface area contributed by atoms with Gasteiger partial charge in [0.25, 0.3) is 0 Å². The molecule has 1 atom stereocenters. The maximum absolute atomic E-state index is 13.1. The van der Waals surface area contributed by atoms with Crippen LogP contribution in [0.3, 0.4) is 0 Å². The first-order valence-electron chi connectivity index (χ1n) is 10.2. The van der Waals surface area contributed by atoms with E-state index in [1.165, 1.54) is 11.1 Å². The van der Waals surface area contributed by atoms with Gasteiger partial charge in [0.05, 0.1) is 12.8 Å². The highest BCUT2D eigenvalue weighted by Gasteiger charge is 2.29. The van der Waals surface area contributed by atoms with Crippen LogP contribution in [0.1, 0.15) is 41.5 Å². The minimum Gasteiger partial charge on any atom is -0.494 e. The van der Waals surface area contributed by atoms with Crippen LogP contribution in [-0.2, 0) is 24.8 Å². The van der Waals surface area contributed by atoms with E-state index < -0.39 is 0 Å². The van der Waals surface area contributed by atoms with E-state index >= 15 is 0 Å². The Bertz CT molecular complexity index is 995. The van der Waals surface area contributed by atoms with Crippen LogP contribution in [0.5, 0.6) is 5.75 Å². The molecule has 0 radical (unpaired) electrons. The predicted molar refractivity (Wildman–Crippen MR) is 113 cm³/mol. The van der Waals surface area contributed by atoms with Crippen LogP contribution in [0.15, 0.2) is 60.9 Å². The quantitative estimate of drug-likeness (QED) is 0.642. The molecule has 1 aromatic heterocycles. The lowest BCUT2D eigenvalue weighted by Crippen LogP contribution is -2.38. The molecule has 150 valence electrons. The average molecular weight is 389 g/mol. The van der Waals surface area contributed by atoms with E-state index in [-0.39, 0.29) is 11.8 Å². The summed E-state index contributed by atoms with van der Waals surface area (Å²) in [5, 5.41) is 4.34. The lowest BCUT2D eigenvalue weighted by atomic mass is 9.86. The van der Waals surface area contributed by atoms with Crippen molar-refractivity contribution in [3.63, 3.8) is 0 Å². The van der Waals surface area contributed by atoms with Crippen molar-refractivity contribution >= 4 is 5.91 Å². The van der Waals surface area contributed by atoms with E-state index in [9.17, 15) is 4.79 Å². The van der Waals surface area contributed by atoms with E-state index in [1.807, 2.05) is 66.3 Å². The SMILES string of the molecule is CCOc1ccccc1CCC(=O)N1Cc2ccccc2C(c2cnn(C)c2)C1. The Hall–Kier alpha value is -3.08. The molecular weight excluding hydrogens is 362 g/mol. The Morgan fingerprint density at radius 3 is 2.76 bits per heavy atom. The van der Waals surface area contributed by atoms with Crippen LogP contribution in [0.2, 0.25) is 0 Å². The zero-order valence-corrected chi connectivity index (χ0v) is 17.0. The van der Waals surface area contributed by atoms with Crippen LogP contribution in [0.25, 0.3) is 0 Å². The van der Waals surface area contributed by atoms with Gasteiger partial charge in [0.1, 0.15) is 5.75 Å². The maximum Gasteiger partial charge on any atom is 0.223 e. The van der Waals surface area contributed by atoms with Gasteiger partial charge in [-0.15, -0.1) is 0 Å². The van der Waals surface area contributed by atoms with Crippen LogP contribution in [0.4, 0.5) is 0 Å². The van der Waals surface area contributed by atoms with Gasteiger partial charge in [-0.25, -0.2) is 0 Å². The predicted octanol–water partition coefficient (Wildman–Crippen LogP) is 3.93. The number of hydrogen-bond acceptors (Lipinski definition) is 3. The van der Waals surface area contributed by atoms with Crippen molar-refractivity contribution in [2.45, 2.75) is 32.2 Å². The molecule has 1 unspecified atom stereocenters. The molecule has 5 heteroatoms. The fourth-order valence-corrected chi connectivity index (χ4v) is 4.11. The highest BCUT2D eigenvalue weighted by atomic mass is 16.5. The van der Waals surface area contributed by atoms with Gasteiger partial charge < -0.3 is 9.64 Å². The number of para-hydroxylation sites is 1. The molecule has 3 aromatic rings. The Morgan fingerprint density at radius 2 is 1.97 bits per heavy atom. The highest BCUT2D eigenvalue weighted by Crippen LogP contribution is 2.33. The molecule has 1 aliphatic heterocycles. The van der Waals surface area contributed by atoms with Gasteiger partial charge in [-0.05, 0) is 41.7 Å². The molecule has 0 spiro atoms. The smallest absolute Gasteiger partial charge is 0.223 e. The van der Waals surface area contributed by atoms with Crippen molar-refractivity contribution in [3.05, 3.63) is 83.2 Å². The number of carbonyl (C=O) groups excluding carboxylic acids is 1. The number of amides is 1. The zero-order valence-electron chi connectivity index (χ0n) is 17.0. The van der Waals surface area contributed by atoms with Crippen LogP contribution in [-0.4, -0.2) is 33.7 Å². The van der Waals surface area contributed by atoms with Crippen molar-refractivity contribution < 1.29 is 9.53 Å². The number of hydrogen-bond donors (Lipinski definition) is 0. The fraction of sp³-hybridized carbons (Fsp3) is 0.333. The van der Waals surface area contributed by atoms with E-state index in [4.69, 9.17) is 4.74 Å². The zero-order chi connectivity index (χ0) is 20.2. The maximum atomic E-state index is 13.1. The number of carbonyl (C=O) groups is 1. The molecule has 0 N–H and O–H groups in total. The Balaban J connectivity index is 1.51. The number of aryl methyl sites for hydroxylation is 2. The number of ether oxygens (including phenoxy) is 1. The monoisotopic (exact) mass is 389 g/mol. The van der Waals surface area contributed by atoms with Crippen molar-refractivity contribution in [2.24, 2.45) is 7.05 Å². The lowest BCUT2D eigenvalue weighted by molar-refractivity contribution is -0.132. The van der Waals surface area contributed by atoms with Gasteiger partial charge in [0.15, 0.2) is 0 Å². The summed E-state index contributed by atoms with van der Waals surface area (Å²) in [5.41, 5.74) is 4.75. The first kappa shape index (κ1) is 19.2. The molecule has 29 heavy (non-hydrogen) atoms. The van der Waals surface area contributed by atoms with Gasteiger partial charge >= 0.3 is 0 Å². The summed E-state index contributed by atoms with van der Waals surface area (Å²) in [5.74, 6) is 1.22. The van der Waals surface area contributed by atoms with Gasteiger partial charge in [-0.1, -0.05) is 42.5 Å². The van der Waals surface area contributed by atoms with Crippen LogP contribution >= 0.6 is 0 Å². The molecule has 5 nitrogen and oxygen atoms in total. The summed E-state index contributed by atoms with van der Waals surface area (Å²) < 4.78 is 7.53. The van der Waals surface area contributed by atoms with E-state index in [0.29, 0.717) is 32.5 Å². The summed E-state index contributed by atoms with van der Waals surface area (Å²) in [6, 6.07) is 16.4. The summed E-state index contributed by atoms with van der Waals surface area (Å²) in [4.78, 5) is 15.1. The third-order valence-corrected chi connectivity index (χ3v) is 5.56. The second-order valence-corrected chi connectivity index (χ2v) is 7.51. The molecule has 0 saturated heterocycles. The number of aromatic nitrogens is 2. The summed E-state index contributed by atoms with van der Waals surface area (Å²) >= 11 is 0. The molecule has 4 rings (SSSR count). The van der Waals surface area contributed by atoms with Gasteiger partial charge in [0.2, 0.25) is 5.91 Å². The second kappa shape index (κ2) is 8.52. The lowest BCUT2D eigenvalue weighted by Gasteiger charge is -2.34. The first-order chi connectivity index (χ1) is 14.2. The fourth-order valence-electron chi connectivity index (χ4n) is 4.11. The van der Waals surface area contributed by atoms with Gasteiger partial charge in [0, 0.05) is 38.7 Å². The third kappa shape index (κ3) is 4.19. The third-order valence-electron chi connectivity index (χ3n) is 5.56. The molecule has 2 heterocycles. The topological polar surface area (TPSA) is 47.4 Å².